The molecular weight excluding hydrogens is 483 g/mol. The van der Waals surface area contributed by atoms with E-state index in [1.165, 1.54) is 6.07 Å². The minimum Gasteiger partial charge on any atom is -0.493 e. The Hall–Kier alpha value is -3.07. The van der Waals surface area contributed by atoms with E-state index in [1.807, 2.05) is 0 Å². The van der Waals surface area contributed by atoms with Crippen molar-refractivity contribution in [1.29, 1.82) is 0 Å². The highest BCUT2D eigenvalue weighted by atomic mass is 19.1. The molecule has 0 aromatic heterocycles. The fourth-order valence-electron chi connectivity index (χ4n) is 5.19. The van der Waals surface area contributed by atoms with Gasteiger partial charge in [0.1, 0.15) is 29.4 Å². The topological polar surface area (TPSA) is 75.9 Å². The van der Waals surface area contributed by atoms with E-state index in [0.29, 0.717) is 35.9 Å². The van der Waals surface area contributed by atoms with Crippen LogP contribution in [0.2, 0.25) is 0 Å². The summed E-state index contributed by atoms with van der Waals surface area (Å²) in [6.45, 7) is 5.54. The monoisotopic (exact) mass is 517 g/mol. The summed E-state index contributed by atoms with van der Waals surface area (Å²) in [6, 6.07) is 10.2. The van der Waals surface area contributed by atoms with E-state index >= 15 is 0 Å². The molecule has 200 valence electrons. The van der Waals surface area contributed by atoms with Gasteiger partial charge in [-0.25, -0.2) is 13.2 Å². The van der Waals surface area contributed by atoms with Crippen LogP contribution in [0.1, 0.15) is 43.5 Å². The van der Waals surface area contributed by atoms with Gasteiger partial charge in [0, 0.05) is 13.0 Å². The van der Waals surface area contributed by atoms with Crippen LogP contribution in [0.15, 0.2) is 42.5 Å². The first-order chi connectivity index (χ1) is 17.5. The maximum absolute atomic E-state index is 14.9. The molecule has 0 unspecified atom stereocenters. The summed E-state index contributed by atoms with van der Waals surface area (Å²) in [7, 11) is 0. The summed E-state index contributed by atoms with van der Waals surface area (Å²) < 4.78 is 48.7. The van der Waals surface area contributed by atoms with E-state index in [9.17, 15) is 22.8 Å². The number of nitrogens with two attached hydrogens (primary N) is 1. The molecule has 0 radical (unpaired) electrons. The van der Waals surface area contributed by atoms with Crippen molar-refractivity contribution in [3.05, 3.63) is 53.8 Å². The number of carbonyl (C=O) groups excluding carboxylic acids is 2. The van der Waals surface area contributed by atoms with Crippen LogP contribution in [0.5, 0.6) is 5.75 Å². The van der Waals surface area contributed by atoms with Crippen molar-refractivity contribution in [2.75, 3.05) is 32.8 Å². The van der Waals surface area contributed by atoms with E-state index in [4.69, 9.17) is 10.5 Å². The zero-order chi connectivity index (χ0) is 26.7. The van der Waals surface area contributed by atoms with Gasteiger partial charge in [0.05, 0.1) is 18.7 Å². The van der Waals surface area contributed by atoms with Crippen LogP contribution in [0, 0.1) is 11.7 Å². The lowest BCUT2D eigenvalue weighted by molar-refractivity contribution is -0.121. The van der Waals surface area contributed by atoms with Gasteiger partial charge in [0.25, 0.3) is 5.91 Å². The van der Waals surface area contributed by atoms with Gasteiger partial charge in [-0.3, -0.25) is 9.59 Å². The summed E-state index contributed by atoms with van der Waals surface area (Å²) in [4.78, 5) is 28.1. The number of ether oxygens (including phenoxy) is 1. The molecule has 2 atom stereocenters. The Morgan fingerprint density at radius 1 is 1.11 bits per heavy atom. The number of benzene rings is 2. The fraction of sp³-hybridized carbons (Fsp3) is 0.500. The third-order valence-electron chi connectivity index (χ3n) is 7.02. The predicted molar refractivity (Wildman–Crippen MR) is 135 cm³/mol. The van der Waals surface area contributed by atoms with E-state index in [0.717, 1.165) is 36.9 Å². The lowest BCUT2D eigenvalue weighted by Gasteiger charge is -2.34. The lowest BCUT2D eigenvalue weighted by Crippen LogP contribution is -2.44. The first-order valence-electron chi connectivity index (χ1n) is 12.7. The Kier molecular flexibility index (Phi) is 8.11. The number of primary amides is 1. The predicted octanol–water partition coefficient (Wildman–Crippen LogP) is 4.37. The Labute approximate surface area is 215 Å². The molecule has 2 saturated heterocycles. The van der Waals surface area contributed by atoms with Crippen molar-refractivity contribution in [2.24, 2.45) is 11.7 Å². The third-order valence-corrected chi connectivity index (χ3v) is 7.02. The molecule has 9 heteroatoms. The molecule has 2 N–H and O–H groups in total. The number of rotatable bonds is 8. The summed E-state index contributed by atoms with van der Waals surface area (Å²) in [5.74, 6) is -1.31. The Morgan fingerprint density at radius 3 is 2.41 bits per heavy atom. The molecule has 0 spiro atoms. The second-order valence-electron chi connectivity index (χ2n) is 10.6. The number of alkyl halides is 2. The zero-order valence-corrected chi connectivity index (χ0v) is 21.3. The minimum atomic E-state index is -1.39. The largest absolute Gasteiger partial charge is 0.493 e. The average molecular weight is 518 g/mol. The maximum atomic E-state index is 14.9. The molecule has 2 aromatic carbocycles. The SMILES string of the molecule is CC(C)(F)CN1CCC(COc2ccc(-c3cccc(F)c3C(=O)N3C[C@@H](F)C[C@H]3C(N)=O)cc2)CC1. The number of hydrogen-bond acceptors (Lipinski definition) is 4. The van der Waals surface area contributed by atoms with Crippen LogP contribution < -0.4 is 10.5 Å². The summed E-state index contributed by atoms with van der Waals surface area (Å²) in [6.07, 6.45) is 0.289. The van der Waals surface area contributed by atoms with Crippen molar-refractivity contribution >= 4 is 11.8 Å². The van der Waals surface area contributed by atoms with Crippen LogP contribution in [0.4, 0.5) is 13.2 Å². The quantitative estimate of drug-likeness (QED) is 0.564. The highest BCUT2D eigenvalue weighted by Crippen LogP contribution is 2.31. The molecule has 2 aliphatic rings. The fourth-order valence-corrected chi connectivity index (χ4v) is 5.19. The minimum absolute atomic E-state index is 0.191. The number of halogens is 3. The first-order valence-corrected chi connectivity index (χ1v) is 12.7. The summed E-state index contributed by atoms with van der Waals surface area (Å²) in [5, 5.41) is 0. The number of carbonyl (C=O) groups is 2. The molecule has 37 heavy (non-hydrogen) atoms. The van der Waals surface area contributed by atoms with E-state index in [1.54, 1.807) is 44.2 Å². The van der Waals surface area contributed by atoms with Crippen LogP contribution in [0.25, 0.3) is 11.1 Å². The second-order valence-corrected chi connectivity index (χ2v) is 10.6. The van der Waals surface area contributed by atoms with Gasteiger partial charge < -0.3 is 20.3 Å². The van der Waals surface area contributed by atoms with E-state index in [2.05, 4.69) is 4.90 Å². The average Bonchev–Trinajstić information content (AvgIpc) is 3.24. The molecule has 0 bridgehead atoms. The number of nitrogens with zero attached hydrogens (tertiary/aromatic N) is 2. The van der Waals surface area contributed by atoms with Crippen LogP contribution in [0.3, 0.4) is 0 Å². The van der Waals surface area contributed by atoms with Crippen molar-refractivity contribution < 1.29 is 27.5 Å². The van der Waals surface area contributed by atoms with Crippen LogP contribution in [-0.4, -0.2) is 72.3 Å². The highest BCUT2D eigenvalue weighted by molar-refractivity contribution is 6.03. The number of hydrogen-bond donors (Lipinski definition) is 1. The Balaban J connectivity index is 1.42. The van der Waals surface area contributed by atoms with Crippen LogP contribution >= 0.6 is 0 Å². The molecule has 2 amide bonds. The number of likely N-dealkylation sites (tertiary alicyclic amines) is 2. The zero-order valence-electron chi connectivity index (χ0n) is 21.3. The Morgan fingerprint density at radius 2 is 1.78 bits per heavy atom. The highest BCUT2D eigenvalue weighted by Gasteiger charge is 2.40. The summed E-state index contributed by atoms with van der Waals surface area (Å²) >= 11 is 0. The van der Waals surface area contributed by atoms with Crippen LogP contribution in [-0.2, 0) is 4.79 Å². The van der Waals surface area contributed by atoms with Gasteiger partial charge >= 0.3 is 0 Å². The van der Waals surface area contributed by atoms with Gasteiger partial charge in [-0.2, -0.15) is 0 Å². The molecule has 2 fully saturated rings. The second kappa shape index (κ2) is 11.1. The molecule has 0 saturated carbocycles. The Bertz CT molecular complexity index is 1110. The molecule has 6 nitrogen and oxygen atoms in total. The smallest absolute Gasteiger partial charge is 0.258 e. The van der Waals surface area contributed by atoms with E-state index < -0.39 is 35.5 Å². The maximum Gasteiger partial charge on any atom is 0.258 e. The third kappa shape index (κ3) is 6.63. The van der Waals surface area contributed by atoms with Gasteiger partial charge in [0.15, 0.2) is 0 Å². The number of amides is 2. The van der Waals surface area contributed by atoms with Crippen molar-refractivity contribution in [3.63, 3.8) is 0 Å². The number of piperidine rings is 1. The molecule has 2 heterocycles. The van der Waals surface area contributed by atoms with Crippen molar-refractivity contribution in [1.82, 2.24) is 9.80 Å². The van der Waals surface area contributed by atoms with Gasteiger partial charge in [-0.1, -0.05) is 24.3 Å². The summed E-state index contributed by atoms with van der Waals surface area (Å²) in [5.41, 5.74) is 4.86. The molecule has 2 aromatic rings. The molecule has 0 aliphatic carbocycles. The van der Waals surface area contributed by atoms with Gasteiger partial charge in [-0.05, 0) is 75.0 Å². The van der Waals surface area contributed by atoms with Gasteiger partial charge in [-0.15, -0.1) is 0 Å². The standard InChI is InChI=1S/C28H34F3N3O3/c1-28(2,31)17-33-12-10-18(11-13-33)16-37-21-8-6-19(7-9-21)22-4-3-5-23(30)25(22)27(36)34-15-20(29)14-24(34)26(32)35/h3-9,18,20,24H,10-17H2,1-2H3,(H2,32,35)/t20-,24-/m0/s1. The molecule has 2 aliphatic heterocycles. The van der Waals surface area contributed by atoms with Crippen molar-refractivity contribution in [3.8, 4) is 16.9 Å². The lowest BCUT2D eigenvalue weighted by atomic mass is 9.96. The normalized spacial score (nSPS) is 21.3. The van der Waals surface area contributed by atoms with Crippen molar-refractivity contribution in [2.45, 2.75) is 51.0 Å². The molecule has 4 rings (SSSR count). The van der Waals surface area contributed by atoms with E-state index in [-0.39, 0.29) is 18.5 Å². The first kappa shape index (κ1) is 27.0. The van der Waals surface area contributed by atoms with Gasteiger partial charge in [0.2, 0.25) is 5.91 Å². The molecular formula is C28H34F3N3O3.